The second-order valence-electron chi connectivity index (χ2n) is 12.4. The molecule has 4 aromatic carbocycles. The fraction of sp³-hybridized carbons (Fsp3) is 0.231. The zero-order chi connectivity index (χ0) is 30.0. The summed E-state index contributed by atoms with van der Waals surface area (Å²) < 4.78 is 9.05. The van der Waals surface area contributed by atoms with Crippen LogP contribution in [-0.4, -0.2) is 14.5 Å². The second kappa shape index (κ2) is 10.2. The third kappa shape index (κ3) is 4.36. The highest BCUT2D eigenvalue weighted by Crippen LogP contribution is 2.43. The van der Waals surface area contributed by atoms with Crippen molar-refractivity contribution < 1.29 is 4.42 Å². The molecule has 43 heavy (non-hydrogen) atoms. The predicted molar refractivity (Wildman–Crippen MR) is 179 cm³/mol. The Labute approximate surface area is 253 Å². The van der Waals surface area contributed by atoms with Gasteiger partial charge < -0.3 is 4.42 Å². The SMILES string of the molecule is Cc1ccc2c(c1)oc1c(-c3nc4ccnc(C)c4n3-c3c(C(C)C)cc(-c4ccccc4)cc3C(C)C)ccc(C)c12. The van der Waals surface area contributed by atoms with Crippen molar-refractivity contribution in [2.24, 2.45) is 0 Å². The van der Waals surface area contributed by atoms with Gasteiger partial charge in [0.15, 0.2) is 0 Å². The Bertz CT molecular complexity index is 2130. The molecule has 3 heterocycles. The van der Waals surface area contributed by atoms with E-state index >= 15 is 0 Å². The van der Waals surface area contributed by atoms with Gasteiger partial charge in [0.1, 0.15) is 17.0 Å². The van der Waals surface area contributed by atoms with Crippen LogP contribution in [0.25, 0.3) is 61.2 Å². The standard InChI is InChI=1S/C39H37N3O/c1-22(2)31-20-28(27-11-9-8-10-12-27)21-32(23(3)4)37(31)42-36-26(7)40-18-17-33(36)41-39(42)30-16-14-25(6)35-29-15-13-24(5)19-34(29)43-38(30)35/h8-23H,1-7H3. The van der Waals surface area contributed by atoms with Gasteiger partial charge in [-0.15, -0.1) is 0 Å². The molecule has 4 heteroatoms. The topological polar surface area (TPSA) is 43.9 Å². The van der Waals surface area contributed by atoms with Crippen LogP contribution < -0.4 is 0 Å². The summed E-state index contributed by atoms with van der Waals surface area (Å²) in [6, 6.07) is 28.3. The molecule has 0 N–H and O–H groups in total. The summed E-state index contributed by atoms with van der Waals surface area (Å²) in [6.45, 7) is 15.5. The quantitative estimate of drug-likeness (QED) is 0.209. The number of fused-ring (bicyclic) bond motifs is 4. The molecule has 0 saturated carbocycles. The van der Waals surface area contributed by atoms with Crippen LogP contribution in [0.4, 0.5) is 0 Å². The van der Waals surface area contributed by atoms with Gasteiger partial charge in [0.25, 0.3) is 0 Å². The second-order valence-corrected chi connectivity index (χ2v) is 12.4. The number of pyridine rings is 1. The maximum Gasteiger partial charge on any atom is 0.149 e. The molecular formula is C39H37N3O. The number of aryl methyl sites for hydroxylation is 3. The average molecular weight is 564 g/mol. The van der Waals surface area contributed by atoms with Crippen LogP contribution in [-0.2, 0) is 0 Å². The number of nitrogens with zero attached hydrogens (tertiary/aromatic N) is 3. The number of furan rings is 1. The normalized spacial score (nSPS) is 12.0. The van der Waals surface area contributed by atoms with Crippen molar-refractivity contribution in [3.05, 3.63) is 113 Å². The van der Waals surface area contributed by atoms with Gasteiger partial charge in [0.2, 0.25) is 0 Å². The smallest absolute Gasteiger partial charge is 0.149 e. The minimum Gasteiger partial charge on any atom is -0.455 e. The minimum absolute atomic E-state index is 0.283. The van der Waals surface area contributed by atoms with Crippen LogP contribution in [0.2, 0.25) is 0 Å². The van der Waals surface area contributed by atoms with Gasteiger partial charge >= 0.3 is 0 Å². The number of hydrogen-bond donors (Lipinski definition) is 0. The summed E-state index contributed by atoms with van der Waals surface area (Å²) in [5.74, 6) is 1.44. The fourth-order valence-electron chi connectivity index (χ4n) is 6.52. The highest BCUT2D eigenvalue weighted by atomic mass is 16.3. The van der Waals surface area contributed by atoms with Crippen molar-refractivity contribution in [2.45, 2.75) is 60.3 Å². The molecule has 0 aliphatic heterocycles. The number of imidazole rings is 1. The first-order valence-electron chi connectivity index (χ1n) is 15.2. The summed E-state index contributed by atoms with van der Waals surface area (Å²) in [6.07, 6.45) is 1.86. The van der Waals surface area contributed by atoms with Crippen LogP contribution in [0.5, 0.6) is 0 Å². The zero-order valence-electron chi connectivity index (χ0n) is 26.0. The Balaban J connectivity index is 1.63. The lowest BCUT2D eigenvalue weighted by Gasteiger charge is -2.24. The van der Waals surface area contributed by atoms with Gasteiger partial charge in [-0.3, -0.25) is 9.55 Å². The van der Waals surface area contributed by atoms with E-state index in [-0.39, 0.29) is 11.8 Å². The van der Waals surface area contributed by atoms with Gasteiger partial charge in [0.05, 0.1) is 28.0 Å². The van der Waals surface area contributed by atoms with Gasteiger partial charge in [0, 0.05) is 17.0 Å². The molecule has 7 aromatic rings. The van der Waals surface area contributed by atoms with Crippen LogP contribution in [0.3, 0.4) is 0 Å². The van der Waals surface area contributed by atoms with Crippen molar-refractivity contribution in [1.82, 2.24) is 14.5 Å². The Morgan fingerprint density at radius 1 is 0.744 bits per heavy atom. The maximum absolute atomic E-state index is 6.68. The van der Waals surface area contributed by atoms with E-state index in [1.54, 1.807) is 0 Å². The Morgan fingerprint density at radius 3 is 2.16 bits per heavy atom. The molecule has 0 radical (unpaired) electrons. The zero-order valence-corrected chi connectivity index (χ0v) is 26.0. The van der Waals surface area contributed by atoms with E-state index in [9.17, 15) is 0 Å². The molecule has 0 amide bonds. The predicted octanol–water partition coefficient (Wildman–Crippen LogP) is 10.8. The lowest BCUT2D eigenvalue weighted by molar-refractivity contribution is 0.669. The van der Waals surface area contributed by atoms with Crippen molar-refractivity contribution in [1.29, 1.82) is 0 Å². The van der Waals surface area contributed by atoms with Crippen molar-refractivity contribution in [2.75, 3.05) is 0 Å². The summed E-state index contributed by atoms with van der Waals surface area (Å²) >= 11 is 0. The highest BCUT2D eigenvalue weighted by Gasteiger charge is 2.26. The van der Waals surface area contributed by atoms with Crippen LogP contribution >= 0.6 is 0 Å². The van der Waals surface area contributed by atoms with Gasteiger partial charge in [-0.2, -0.15) is 0 Å². The van der Waals surface area contributed by atoms with E-state index in [1.807, 2.05) is 12.3 Å². The summed E-state index contributed by atoms with van der Waals surface area (Å²) in [5.41, 5.74) is 14.3. The van der Waals surface area contributed by atoms with E-state index in [0.717, 1.165) is 50.1 Å². The largest absolute Gasteiger partial charge is 0.455 e. The number of hydrogen-bond acceptors (Lipinski definition) is 3. The first-order valence-corrected chi connectivity index (χ1v) is 15.2. The molecule has 4 nitrogen and oxygen atoms in total. The first kappa shape index (κ1) is 27.2. The van der Waals surface area contributed by atoms with Gasteiger partial charge in [-0.25, -0.2) is 4.98 Å². The van der Waals surface area contributed by atoms with E-state index < -0.39 is 0 Å². The molecular weight excluding hydrogens is 526 g/mol. The summed E-state index contributed by atoms with van der Waals surface area (Å²) in [4.78, 5) is 10.1. The van der Waals surface area contributed by atoms with Crippen molar-refractivity contribution in [3.8, 4) is 28.2 Å². The van der Waals surface area contributed by atoms with Crippen LogP contribution in [0.15, 0.2) is 89.5 Å². The molecule has 7 rings (SSSR count). The third-order valence-corrected chi connectivity index (χ3v) is 8.72. The molecule has 0 saturated heterocycles. The monoisotopic (exact) mass is 563 g/mol. The highest BCUT2D eigenvalue weighted by molar-refractivity contribution is 6.11. The van der Waals surface area contributed by atoms with Crippen molar-refractivity contribution in [3.63, 3.8) is 0 Å². The lowest BCUT2D eigenvalue weighted by Crippen LogP contribution is -2.10. The molecule has 0 atom stereocenters. The molecule has 214 valence electrons. The van der Waals surface area contributed by atoms with E-state index in [0.29, 0.717) is 0 Å². The number of benzene rings is 4. The summed E-state index contributed by atoms with van der Waals surface area (Å²) in [7, 11) is 0. The number of rotatable bonds is 5. The minimum atomic E-state index is 0.283. The average Bonchev–Trinajstić information content (AvgIpc) is 3.57. The first-order chi connectivity index (χ1) is 20.7. The van der Waals surface area contributed by atoms with E-state index in [1.165, 1.54) is 39.1 Å². The lowest BCUT2D eigenvalue weighted by atomic mass is 9.88. The van der Waals surface area contributed by atoms with Crippen LogP contribution in [0, 0.1) is 20.8 Å². The molecule has 0 bridgehead atoms. The molecule has 0 fully saturated rings. The van der Waals surface area contributed by atoms with E-state index in [4.69, 9.17) is 14.4 Å². The third-order valence-electron chi connectivity index (χ3n) is 8.72. The van der Waals surface area contributed by atoms with E-state index in [2.05, 4.69) is 126 Å². The van der Waals surface area contributed by atoms with Gasteiger partial charge in [-0.1, -0.05) is 76.2 Å². The molecule has 0 spiro atoms. The Hall–Kier alpha value is -4.70. The van der Waals surface area contributed by atoms with Crippen LogP contribution in [0.1, 0.15) is 67.5 Å². The maximum atomic E-state index is 6.68. The summed E-state index contributed by atoms with van der Waals surface area (Å²) in [5, 5.41) is 2.28. The molecule has 3 aromatic heterocycles. The van der Waals surface area contributed by atoms with Crippen molar-refractivity contribution >= 4 is 33.0 Å². The molecule has 0 unspecified atom stereocenters. The Morgan fingerprint density at radius 2 is 1.47 bits per heavy atom. The Kier molecular flexibility index (Phi) is 6.46. The molecule has 0 aliphatic rings. The van der Waals surface area contributed by atoms with Gasteiger partial charge in [-0.05, 0) is 96.3 Å². The number of aromatic nitrogens is 3. The molecule has 0 aliphatic carbocycles. The fourth-order valence-corrected chi connectivity index (χ4v) is 6.52.